The van der Waals surface area contributed by atoms with Crippen molar-refractivity contribution < 1.29 is 9.47 Å². The molecule has 0 saturated carbocycles. The van der Waals surface area contributed by atoms with E-state index < -0.39 is 0 Å². The lowest BCUT2D eigenvalue weighted by molar-refractivity contribution is 0.222. The lowest BCUT2D eigenvalue weighted by Crippen LogP contribution is -2.13. The molecule has 0 spiro atoms. The highest BCUT2D eigenvalue weighted by Gasteiger charge is 2.14. The van der Waals surface area contributed by atoms with E-state index in [2.05, 4.69) is 50.1 Å². The molecule has 1 atom stereocenters. The number of benzene rings is 2. The Bertz CT molecular complexity index is 1130. The zero-order valence-corrected chi connectivity index (χ0v) is 37.5. The van der Waals surface area contributed by atoms with E-state index >= 15 is 0 Å². The third kappa shape index (κ3) is 27.3. The van der Waals surface area contributed by atoms with Crippen LogP contribution in [0.2, 0.25) is 0 Å². The number of rotatable bonds is 40. The Kier molecular flexibility index (Phi) is 32.8. The predicted octanol–water partition coefficient (Wildman–Crippen LogP) is 18.7. The van der Waals surface area contributed by atoms with Gasteiger partial charge in [-0.3, -0.25) is 0 Å². The van der Waals surface area contributed by atoms with Gasteiger partial charge in [-0.15, -0.1) is 5.11 Å². The first-order chi connectivity index (χ1) is 27.7. The largest absolute Gasteiger partial charge is 0.493 e. The van der Waals surface area contributed by atoms with E-state index in [1.807, 2.05) is 36.4 Å². The van der Waals surface area contributed by atoms with Gasteiger partial charge < -0.3 is 9.47 Å². The van der Waals surface area contributed by atoms with Gasteiger partial charge in [0, 0.05) is 6.07 Å². The van der Waals surface area contributed by atoms with Crippen molar-refractivity contribution in [1.29, 1.82) is 0 Å². The summed E-state index contributed by atoms with van der Waals surface area (Å²) < 4.78 is 13.2. The van der Waals surface area contributed by atoms with Crippen LogP contribution in [0.25, 0.3) is 0 Å². The summed E-state index contributed by atoms with van der Waals surface area (Å²) in [4.78, 5) is 0. The molecule has 320 valence electrons. The molecule has 0 amide bonds. The van der Waals surface area contributed by atoms with E-state index in [4.69, 9.17) is 9.47 Å². The van der Waals surface area contributed by atoms with E-state index in [1.165, 1.54) is 199 Å². The van der Waals surface area contributed by atoms with Gasteiger partial charge in [-0.1, -0.05) is 226 Å². The highest BCUT2D eigenvalue weighted by atomic mass is 16.5. The van der Waals surface area contributed by atoms with E-state index in [-0.39, 0.29) is 0 Å². The zero-order chi connectivity index (χ0) is 40.0. The molecule has 0 aromatic heterocycles. The predicted molar refractivity (Wildman–Crippen MR) is 245 cm³/mol. The van der Waals surface area contributed by atoms with E-state index in [1.54, 1.807) is 0 Å². The van der Waals surface area contributed by atoms with Crippen molar-refractivity contribution in [3.05, 3.63) is 48.5 Å². The number of ether oxygens (including phenoxy) is 2. The molecule has 0 heterocycles. The van der Waals surface area contributed by atoms with Crippen molar-refractivity contribution in [3.8, 4) is 11.5 Å². The molecule has 4 heteroatoms. The van der Waals surface area contributed by atoms with Crippen molar-refractivity contribution in [3.63, 3.8) is 0 Å². The quantitative estimate of drug-likeness (QED) is 0.0500. The fraction of sp³-hybridized carbons (Fsp3) is 0.769. The van der Waals surface area contributed by atoms with Crippen molar-refractivity contribution in [2.75, 3.05) is 13.2 Å². The minimum atomic E-state index is 0.610. The fourth-order valence-corrected chi connectivity index (χ4v) is 8.11. The maximum atomic E-state index is 6.58. The summed E-state index contributed by atoms with van der Waals surface area (Å²) in [7, 11) is 0. The second-order valence-electron chi connectivity index (χ2n) is 17.1. The average Bonchev–Trinajstić information content (AvgIpc) is 3.22. The Hall–Kier alpha value is -2.36. The highest BCUT2D eigenvalue weighted by molar-refractivity contribution is 5.55. The van der Waals surface area contributed by atoms with Gasteiger partial charge in [-0.25, -0.2) is 0 Å². The van der Waals surface area contributed by atoms with Gasteiger partial charge in [-0.05, 0) is 61.8 Å². The highest BCUT2D eigenvalue weighted by Crippen LogP contribution is 2.34. The van der Waals surface area contributed by atoms with Crippen LogP contribution < -0.4 is 9.47 Å². The first-order valence-electron chi connectivity index (χ1n) is 24.6. The van der Waals surface area contributed by atoms with Crippen LogP contribution in [0.4, 0.5) is 11.4 Å². The molecule has 0 radical (unpaired) electrons. The second-order valence-corrected chi connectivity index (χ2v) is 17.1. The third-order valence-electron chi connectivity index (χ3n) is 11.8. The summed E-state index contributed by atoms with van der Waals surface area (Å²) in [5.41, 5.74) is 1.63. The normalized spacial score (nSPS) is 12.2. The summed E-state index contributed by atoms with van der Waals surface area (Å²) in [5.74, 6) is 3.11. The number of nitrogens with zero attached hydrogens (tertiary/aromatic N) is 2. The average molecular weight is 775 g/mol. The molecule has 4 nitrogen and oxygen atoms in total. The van der Waals surface area contributed by atoms with Gasteiger partial charge in [0.2, 0.25) is 0 Å². The van der Waals surface area contributed by atoms with Crippen LogP contribution in [0.5, 0.6) is 11.5 Å². The Labute approximate surface area is 348 Å². The molecule has 2 aromatic carbocycles. The standard InChI is InChI=1S/C52H90N2O2/c1-5-9-13-17-21-22-26-29-36-47(35-28-23-18-14-10-6-2)39-34-44-55-52-45-50(42-43-51(52)54-53-49-40-32-27-33-41-49)56-46-48(37-30-24-19-15-11-7-3)38-31-25-20-16-12-8-4/h27,32-33,40-43,45,47-48H,5-26,28-31,34-39,44,46H2,1-4H3. The van der Waals surface area contributed by atoms with Gasteiger partial charge in [0.05, 0.1) is 18.9 Å². The molecular formula is C52H90N2O2. The Morgan fingerprint density at radius 3 is 1.32 bits per heavy atom. The molecule has 2 aromatic rings. The van der Waals surface area contributed by atoms with Gasteiger partial charge in [0.15, 0.2) is 0 Å². The van der Waals surface area contributed by atoms with Gasteiger partial charge in [0.25, 0.3) is 0 Å². The van der Waals surface area contributed by atoms with Crippen LogP contribution in [0, 0.1) is 11.8 Å². The van der Waals surface area contributed by atoms with Crippen LogP contribution >= 0.6 is 0 Å². The van der Waals surface area contributed by atoms with Crippen molar-refractivity contribution >= 4 is 11.4 Å². The smallest absolute Gasteiger partial charge is 0.150 e. The maximum Gasteiger partial charge on any atom is 0.150 e. The summed E-state index contributed by atoms with van der Waals surface area (Å²) in [6, 6.07) is 16.2. The van der Waals surface area contributed by atoms with Crippen molar-refractivity contribution in [2.24, 2.45) is 22.1 Å². The molecule has 0 N–H and O–H groups in total. The summed E-state index contributed by atoms with van der Waals surface area (Å²) in [6.07, 6.45) is 43.3. The van der Waals surface area contributed by atoms with E-state index in [9.17, 15) is 0 Å². The minimum Gasteiger partial charge on any atom is -0.493 e. The molecule has 0 fully saturated rings. The van der Waals surface area contributed by atoms with Gasteiger partial charge >= 0.3 is 0 Å². The van der Waals surface area contributed by atoms with Crippen LogP contribution in [0.1, 0.15) is 233 Å². The van der Waals surface area contributed by atoms with Gasteiger partial charge in [0.1, 0.15) is 17.2 Å². The molecular weight excluding hydrogens is 685 g/mol. The summed E-state index contributed by atoms with van der Waals surface area (Å²) in [6.45, 7) is 10.7. The molecule has 0 aliphatic carbocycles. The number of hydrogen-bond acceptors (Lipinski definition) is 4. The van der Waals surface area contributed by atoms with E-state index in [0.29, 0.717) is 12.5 Å². The first kappa shape index (κ1) is 49.8. The minimum absolute atomic E-state index is 0.610. The molecule has 0 saturated heterocycles. The van der Waals surface area contributed by atoms with Crippen molar-refractivity contribution in [2.45, 2.75) is 233 Å². The Morgan fingerprint density at radius 1 is 0.411 bits per heavy atom. The lowest BCUT2D eigenvalue weighted by atomic mass is 9.90. The lowest BCUT2D eigenvalue weighted by Gasteiger charge is -2.19. The Balaban J connectivity index is 2.02. The number of hydrogen-bond donors (Lipinski definition) is 0. The van der Waals surface area contributed by atoms with Gasteiger partial charge in [-0.2, -0.15) is 5.11 Å². The zero-order valence-electron chi connectivity index (χ0n) is 37.5. The third-order valence-corrected chi connectivity index (χ3v) is 11.8. The molecule has 56 heavy (non-hydrogen) atoms. The number of unbranched alkanes of at least 4 members (excludes halogenated alkanes) is 22. The molecule has 0 aliphatic heterocycles. The van der Waals surface area contributed by atoms with Crippen LogP contribution in [-0.2, 0) is 0 Å². The maximum absolute atomic E-state index is 6.58. The number of azo groups is 1. The van der Waals surface area contributed by atoms with Crippen LogP contribution in [0.15, 0.2) is 58.8 Å². The SMILES string of the molecule is CCCCCCCCCCC(CCCCCCCC)CCCOc1cc(OCC(CCCCCCCC)CCCCCCCC)ccc1N=Nc1ccccc1. The molecule has 0 bridgehead atoms. The topological polar surface area (TPSA) is 43.2 Å². The molecule has 2 rings (SSSR count). The second kappa shape index (κ2) is 36.9. The van der Waals surface area contributed by atoms with Crippen molar-refractivity contribution in [1.82, 2.24) is 0 Å². The molecule has 1 unspecified atom stereocenters. The molecule has 0 aliphatic rings. The Morgan fingerprint density at radius 2 is 0.839 bits per heavy atom. The van der Waals surface area contributed by atoms with Crippen LogP contribution in [0.3, 0.4) is 0 Å². The monoisotopic (exact) mass is 775 g/mol. The summed E-state index contributed by atoms with van der Waals surface area (Å²) in [5, 5.41) is 9.22. The van der Waals surface area contributed by atoms with E-state index in [0.717, 1.165) is 41.8 Å². The first-order valence-corrected chi connectivity index (χ1v) is 24.6. The summed E-state index contributed by atoms with van der Waals surface area (Å²) >= 11 is 0. The van der Waals surface area contributed by atoms with Crippen LogP contribution in [-0.4, -0.2) is 13.2 Å². The fourth-order valence-electron chi connectivity index (χ4n) is 8.11.